The molecule has 1 aliphatic heterocycles. The minimum atomic E-state index is -0.0101. The van der Waals surface area contributed by atoms with Gasteiger partial charge in [-0.1, -0.05) is 29.3 Å². The molecule has 0 bridgehead atoms. The summed E-state index contributed by atoms with van der Waals surface area (Å²) in [5.74, 6) is 0.775. The van der Waals surface area contributed by atoms with Crippen molar-refractivity contribution in [1.82, 2.24) is 4.90 Å². The summed E-state index contributed by atoms with van der Waals surface area (Å²) in [6.45, 7) is 7.68. The van der Waals surface area contributed by atoms with E-state index in [1.54, 1.807) is 0 Å². The standard InChI is InChI=1S/C13H24BrNO2/c1-3-11(8-14)9-15-7-5-6-12(10-15)13(16)17-4-2/h11-12H,3-10H2,1-2H3. The van der Waals surface area contributed by atoms with Crippen molar-refractivity contribution in [2.45, 2.75) is 33.1 Å². The van der Waals surface area contributed by atoms with E-state index < -0.39 is 0 Å². The quantitative estimate of drug-likeness (QED) is 0.558. The largest absolute Gasteiger partial charge is 0.466 e. The van der Waals surface area contributed by atoms with E-state index in [0.29, 0.717) is 12.5 Å². The van der Waals surface area contributed by atoms with Gasteiger partial charge in [0.2, 0.25) is 0 Å². The van der Waals surface area contributed by atoms with Gasteiger partial charge in [0.05, 0.1) is 12.5 Å². The maximum Gasteiger partial charge on any atom is 0.310 e. The molecule has 17 heavy (non-hydrogen) atoms. The molecule has 0 aliphatic carbocycles. The van der Waals surface area contributed by atoms with Crippen LogP contribution in [0.2, 0.25) is 0 Å². The fraction of sp³-hybridized carbons (Fsp3) is 0.923. The van der Waals surface area contributed by atoms with Gasteiger partial charge in [0.15, 0.2) is 0 Å². The lowest BCUT2D eigenvalue weighted by molar-refractivity contribution is -0.150. The lowest BCUT2D eigenvalue weighted by Crippen LogP contribution is -2.41. The summed E-state index contributed by atoms with van der Waals surface area (Å²) in [5.41, 5.74) is 0. The highest BCUT2D eigenvalue weighted by atomic mass is 79.9. The van der Waals surface area contributed by atoms with Crippen molar-refractivity contribution in [3.05, 3.63) is 0 Å². The molecule has 0 radical (unpaired) electrons. The second kappa shape index (κ2) is 8.09. The van der Waals surface area contributed by atoms with Crippen molar-refractivity contribution >= 4 is 21.9 Å². The molecule has 0 aromatic carbocycles. The van der Waals surface area contributed by atoms with Crippen LogP contribution in [-0.2, 0) is 9.53 Å². The van der Waals surface area contributed by atoms with E-state index in [0.717, 1.165) is 37.8 Å². The molecule has 3 nitrogen and oxygen atoms in total. The SMILES string of the molecule is CCOC(=O)C1CCCN(CC(CC)CBr)C1. The zero-order chi connectivity index (χ0) is 12.7. The second-order valence-corrected chi connectivity index (χ2v) is 5.43. The maximum atomic E-state index is 11.7. The first kappa shape index (κ1) is 15.0. The molecular formula is C13H24BrNO2. The Morgan fingerprint density at radius 3 is 2.88 bits per heavy atom. The Hall–Kier alpha value is -0.0900. The highest BCUT2D eigenvalue weighted by molar-refractivity contribution is 9.09. The summed E-state index contributed by atoms with van der Waals surface area (Å²) in [6.07, 6.45) is 3.29. The topological polar surface area (TPSA) is 29.5 Å². The van der Waals surface area contributed by atoms with Gasteiger partial charge in [-0.25, -0.2) is 0 Å². The van der Waals surface area contributed by atoms with E-state index >= 15 is 0 Å². The van der Waals surface area contributed by atoms with Crippen LogP contribution in [0, 0.1) is 11.8 Å². The number of nitrogens with zero attached hydrogens (tertiary/aromatic N) is 1. The first-order valence-corrected chi connectivity index (χ1v) is 7.78. The van der Waals surface area contributed by atoms with Gasteiger partial charge in [0.1, 0.15) is 0 Å². The predicted molar refractivity (Wildman–Crippen MR) is 73.4 cm³/mol. The van der Waals surface area contributed by atoms with Gasteiger partial charge >= 0.3 is 5.97 Å². The Morgan fingerprint density at radius 1 is 1.53 bits per heavy atom. The molecule has 1 aliphatic rings. The summed E-state index contributed by atoms with van der Waals surface area (Å²) in [7, 11) is 0. The van der Waals surface area contributed by atoms with Crippen LogP contribution in [0.25, 0.3) is 0 Å². The first-order valence-electron chi connectivity index (χ1n) is 6.66. The van der Waals surface area contributed by atoms with Crippen molar-refractivity contribution < 1.29 is 9.53 Å². The molecule has 1 fully saturated rings. The van der Waals surface area contributed by atoms with E-state index in [9.17, 15) is 4.79 Å². The molecule has 2 unspecified atom stereocenters. The van der Waals surface area contributed by atoms with E-state index in [-0.39, 0.29) is 11.9 Å². The van der Waals surface area contributed by atoms with Crippen molar-refractivity contribution in [2.75, 3.05) is 31.6 Å². The number of rotatable bonds is 6. The van der Waals surface area contributed by atoms with E-state index in [2.05, 4.69) is 27.8 Å². The summed E-state index contributed by atoms with van der Waals surface area (Å²) in [5, 5.41) is 1.05. The smallest absolute Gasteiger partial charge is 0.310 e. The van der Waals surface area contributed by atoms with Gasteiger partial charge in [-0.3, -0.25) is 4.79 Å². The Balaban J connectivity index is 2.40. The number of alkyl halides is 1. The third-order valence-electron chi connectivity index (χ3n) is 3.44. The van der Waals surface area contributed by atoms with Crippen LogP contribution in [-0.4, -0.2) is 42.4 Å². The van der Waals surface area contributed by atoms with Crippen LogP contribution in [0.15, 0.2) is 0 Å². The van der Waals surface area contributed by atoms with Crippen LogP contribution in [0.4, 0.5) is 0 Å². The van der Waals surface area contributed by atoms with Crippen molar-refractivity contribution in [3.63, 3.8) is 0 Å². The first-order chi connectivity index (χ1) is 8.21. The van der Waals surface area contributed by atoms with E-state index in [4.69, 9.17) is 4.74 Å². The molecule has 0 amide bonds. The van der Waals surface area contributed by atoms with E-state index in [1.165, 1.54) is 6.42 Å². The molecule has 0 saturated carbocycles. The summed E-state index contributed by atoms with van der Waals surface area (Å²) in [6, 6.07) is 0. The molecule has 1 rings (SSSR count). The fourth-order valence-electron chi connectivity index (χ4n) is 2.33. The van der Waals surface area contributed by atoms with Gasteiger partial charge in [-0.15, -0.1) is 0 Å². The minimum Gasteiger partial charge on any atom is -0.466 e. The van der Waals surface area contributed by atoms with Gasteiger partial charge in [0.25, 0.3) is 0 Å². The zero-order valence-electron chi connectivity index (χ0n) is 11.0. The maximum absolute atomic E-state index is 11.7. The molecule has 0 aromatic rings. The number of hydrogen-bond donors (Lipinski definition) is 0. The zero-order valence-corrected chi connectivity index (χ0v) is 12.5. The fourth-order valence-corrected chi connectivity index (χ4v) is 2.99. The molecule has 1 saturated heterocycles. The Morgan fingerprint density at radius 2 is 2.29 bits per heavy atom. The third-order valence-corrected chi connectivity index (χ3v) is 4.35. The third kappa shape index (κ3) is 4.96. The second-order valence-electron chi connectivity index (χ2n) is 4.78. The van der Waals surface area contributed by atoms with Crippen LogP contribution >= 0.6 is 15.9 Å². The number of piperidine rings is 1. The lowest BCUT2D eigenvalue weighted by Gasteiger charge is -2.33. The number of carbonyl (C=O) groups is 1. The van der Waals surface area contributed by atoms with Gasteiger partial charge < -0.3 is 9.64 Å². The Labute approximate surface area is 113 Å². The number of ether oxygens (including phenoxy) is 1. The predicted octanol–water partition coefficient (Wildman–Crippen LogP) is 2.68. The van der Waals surface area contributed by atoms with Gasteiger partial charge in [-0.2, -0.15) is 0 Å². The molecule has 0 N–H and O–H groups in total. The normalized spacial score (nSPS) is 23.4. The number of halogens is 1. The van der Waals surface area contributed by atoms with Crippen LogP contribution in [0.1, 0.15) is 33.1 Å². The molecule has 4 heteroatoms. The minimum absolute atomic E-state index is 0.0101. The molecule has 2 atom stereocenters. The summed E-state index contributed by atoms with van der Waals surface area (Å²) < 4.78 is 5.11. The average molecular weight is 306 g/mol. The van der Waals surface area contributed by atoms with Gasteiger partial charge in [-0.05, 0) is 32.2 Å². The molecule has 0 spiro atoms. The van der Waals surface area contributed by atoms with Crippen molar-refractivity contribution in [1.29, 1.82) is 0 Å². The lowest BCUT2D eigenvalue weighted by atomic mass is 9.97. The monoisotopic (exact) mass is 305 g/mol. The highest BCUT2D eigenvalue weighted by Crippen LogP contribution is 2.20. The summed E-state index contributed by atoms with van der Waals surface area (Å²) >= 11 is 3.55. The highest BCUT2D eigenvalue weighted by Gasteiger charge is 2.27. The van der Waals surface area contributed by atoms with Crippen molar-refractivity contribution in [2.24, 2.45) is 11.8 Å². The Kier molecular flexibility index (Phi) is 7.12. The van der Waals surface area contributed by atoms with Crippen LogP contribution in [0.5, 0.6) is 0 Å². The van der Waals surface area contributed by atoms with Crippen LogP contribution in [0.3, 0.4) is 0 Å². The molecule has 100 valence electrons. The molecule has 0 aromatic heterocycles. The van der Waals surface area contributed by atoms with Gasteiger partial charge in [0, 0.05) is 18.4 Å². The average Bonchev–Trinajstić information content (AvgIpc) is 2.36. The summed E-state index contributed by atoms with van der Waals surface area (Å²) in [4.78, 5) is 14.1. The Bertz CT molecular complexity index is 231. The van der Waals surface area contributed by atoms with E-state index in [1.807, 2.05) is 6.92 Å². The van der Waals surface area contributed by atoms with Crippen molar-refractivity contribution in [3.8, 4) is 0 Å². The molecule has 1 heterocycles. The van der Waals surface area contributed by atoms with Crippen LogP contribution < -0.4 is 0 Å². The number of carbonyl (C=O) groups excluding carboxylic acids is 1. The number of likely N-dealkylation sites (tertiary alicyclic amines) is 1. The number of hydrogen-bond acceptors (Lipinski definition) is 3. The number of esters is 1. The molecular weight excluding hydrogens is 282 g/mol.